The molecule has 0 saturated carbocycles. The number of furan rings is 1. The fraction of sp³-hybridized carbons (Fsp3) is 0.385. The Kier molecular flexibility index (Phi) is 3.80. The van der Waals surface area contributed by atoms with Gasteiger partial charge in [-0.15, -0.1) is 0 Å². The number of hydrogen-bond acceptors (Lipinski definition) is 4. The molecule has 1 aliphatic rings. The molecule has 5 heteroatoms. The summed E-state index contributed by atoms with van der Waals surface area (Å²) >= 11 is 9.66. The van der Waals surface area contributed by atoms with Crippen molar-refractivity contribution in [3.63, 3.8) is 0 Å². The predicted octanol–water partition coefficient (Wildman–Crippen LogP) is 3.97. The molecule has 1 fully saturated rings. The zero-order chi connectivity index (χ0) is 12.5. The Bertz CT molecular complexity index is 549. The highest BCUT2D eigenvalue weighted by molar-refractivity contribution is 8.06. The van der Waals surface area contributed by atoms with Crippen LogP contribution >= 0.6 is 35.1 Å². The average molecular weight is 301 g/mol. The molecule has 1 aliphatic heterocycles. The first-order chi connectivity index (χ1) is 8.74. The Morgan fingerprint density at radius 1 is 1.33 bits per heavy atom. The smallest absolute Gasteiger partial charge is 0.134 e. The Hall–Kier alpha value is -0.290. The third-order valence-electron chi connectivity index (χ3n) is 2.98. The van der Waals surface area contributed by atoms with Crippen LogP contribution in [-0.4, -0.2) is 27.6 Å². The topological polar surface area (TPSA) is 33.4 Å². The Morgan fingerprint density at radius 3 is 3.00 bits per heavy atom. The highest BCUT2D eigenvalue weighted by Crippen LogP contribution is 2.35. The summed E-state index contributed by atoms with van der Waals surface area (Å²) in [7, 11) is 0. The van der Waals surface area contributed by atoms with Gasteiger partial charge in [0.25, 0.3) is 0 Å². The van der Waals surface area contributed by atoms with Gasteiger partial charge in [0.15, 0.2) is 0 Å². The van der Waals surface area contributed by atoms with E-state index >= 15 is 0 Å². The molecular weight excluding hydrogens is 288 g/mol. The minimum atomic E-state index is -0.533. The number of aliphatic hydroxyl groups is 1. The molecule has 1 aromatic carbocycles. The Labute approximate surface area is 119 Å². The molecule has 2 atom stereocenters. The standard InChI is InChI=1S/C13H13ClO2S2/c14-9-1-2-10-8(5-9)6-11(16-10)13(15)12-7-17-3-4-18-12/h1-2,5-6,12-13,15H,3-4,7H2. The number of benzene rings is 1. The third-order valence-corrected chi connectivity index (χ3v) is 6.07. The van der Waals surface area contributed by atoms with Crippen molar-refractivity contribution >= 4 is 46.1 Å². The molecule has 1 aromatic heterocycles. The van der Waals surface area contributed by atoms with Gasteiger partial charge in [-0.05, 0) is 24.3 Å². The molecule has 96 valence electrons. The molecule has 0 aliphatic carbocycles. The van der Waals surface area contributed by atoms with Crippen molar-refractivity contribution in [2.45, 2.75) is 11.4 Å². The van der Waals surface area contributed by atoms with Gasteiger partial charge in [0, 0.05) is 32.9 Å². The number of halogens is 1. The van der Waals surface area contributed by atoms with Gasteiger partial charge < -0.3 is 9.52 Å². The highest BCUT2D eigenvalue weighted by Gasteiger charge is 2.26. The normalized spacial score (nSPS) is 22.2. The highest BCUT2D eigenvalue weighted by atomic mass is 35.5. The molecule has 0 radical (unpaired) electrons. The maximum atomic E-state index is 10.4. The van der Waals surface area contributed by atoms with Crippen molar-refractivity contribution in [3.8, 4) is 0 Å². The number of aliphatic hydroxyl groups excluding tert-OH is 1. The second-order valence-corrected chi connectivity index (χ2v) is 7.19. The summed E-state index contributed by atoms with van der Waals surface area (Å²) in [6.07, 6.45) is -0.533. The van der Waals surface area contributed by atoms with Crippen LogP contribution < -0.4 is 0 Å². The first-order valence-electron chi connectivity index (χ1n) is 5.80. The van der Waals surface area contributed by atoms with Gasteiger partial charge in [-0.1, -0.05) is 11.6 Å². The quantitative estimate of drug-likeness (QED) is 0.910. The van der Waals surface area contributed by atoms with Crippen LogP contribution in [0.3, 0.4) is 0 Å². The lowest BCUT2D eigenvalue weighted by atomic mass is 10.2. The maximum Gasteiger partial charge on any atom is 0.134 e. The van der Waals surface area contributed by atoms with Gasteiger partial charge in [0.05, 0.1) is 0 Å². The largest absolute Gasteiger partial charge is 0.458 e. The summed E-state index contributed by atoms with van der Waals surface area (Å²) in [5.74, 6) is 3.89. The predicted molar refractivity (Wildman–Crippen MR) is 79.8 cm³/mol. The fourth-order valence-corrected chi connectivity index (χ4v) is 4.96. The van der Waals surface area contributed by atoms with Crippen LogP contribution in [0.15, 0.2) is 28.7 Å². The number of fused-ring (bicyclic) bond motifs is 1. The maximum absolute atomic E-state index is 10.4. The first-order valence-corrected chi connectivity index (χ1v) is 8.38. The van der Waals surface area contributed by atoms with Gasteiger partial charge >= 0.3 is 0 Å². The van der Waals surface area contributed by atoms with Crippen LogP contribution in [0.25, 0.3) is 11.0 Å². The SMILES string of the molecule is OC(c1cc2cc(Cl)ccc2o1)C1CSCCS1. The third kappa shape index (κ3) is 2.52. The zero-order valence-corrected chi connectivity index (χ0v) is 12.0. The minimum absolute atomic E-state index is 0.222. The molecule has 0 spiro atoms. The number of hydrogen-bond donors (Lipinski definition) is 1. The molecule has 1 N–H and O–H groups in total. The van der Waals surface area contributed by atoms with E-state index in [1.807, 2.05) is 41.7 Å². The molecule has 0 bridgehead atoms. The van der Waals surface area contributed by atoms with Crippen molar-refractivity contribution < 1.29 is 9.52 Å². The van der Waals surface area contributed by atoms with Gasteiger partial charge in [-0.2, -0.15) is 23.5 Å². The Morgan fingerprint density at radius 2 is 2.22 bits per heavy atom. The van der Waals surface area contributed by atoms with E-state index in [-0.39, 0.29) is 5.25 Å². The lowest BCUT2D eigenvalue weighted by molar-refractivity contribution is 0.154. The molecule has 1 saturated heterocycles. The number of thioether (sulfide) groups is 2. The lowest BCUT2D eigenvalue weighted by Crippen LogP contribution is -2.21. The van der Waals surface area contributed by atoms with Gasteiger partial charge in [-0.25, -0.2) is 0 Å². The van der Waals surface area contributed by atoms with Gasteiger partial charge in [-0.3, -0.25) is 0 Å². The van der Waals surface area contributed by atoms with Crippen LogP contribution in [0.2, 0.25) is 5.02 Å². The van der Waals surface area contributed by atoms with E-state index in [2.05, 4.69) is 0 Å². The minimum Gasteiger partial charge on any atom is -0.458 e. The van der Waals surface area contributed by atoms with Crippen molar-refractivity contribution in [1.29, 1.82) is 0 Å². The van der Waals surface area contributed by atoms with Crippen molar-refractivity contribution in [2.24, 2.45) is 0 Å². The van der Waals surface area contributed by atoms with E-state index < -0.39 is 6.10 Å². The molecule has 18 heavy (non-hydrogen) atoms. The van der Waals surface area contributed by atoms with E-state index in [4.69, 9.17) is 16.0 Å². The lowest BCUT2D eigenvalue weighted by Gasteiger charge is -2.24. The van der Waals surface area contributed by atoms with Crippen LogP contribution in [0.5, 0.6) is 0 Å². The summed E-state index contributed by atoms with van der Waals surface area (Å²) in [6, 6.07) is 7.40. The zero-order valence-electron chi connectivity index (χ0n) is 9.64. The van der Waals surface area contributed by atoms with E-state index in [1.54, 1.807) is 6.07 Å². The molecule has 2 aromatic rings. The summed E-state index contributed by atoms with van der Waals surface area (Å²) in [6.45, 7) is 0. The molecule has 2 nitrogen and oxygen atoms in total. The average Bonchev–Trinajstić information content (AvgIpc) is 2.81. The molecule has 2 heterocycles. The van der Waals surface area contributed by atoms with Crippen molar-refractivity contribution in [1.82, 2.24) is 0 Å². The van der Waals surface area contributed by atoms with Crippen LogP contribution in [0.1, 0.15) is 11.9 Å². The fourth-order valence-electron chi connectivity index (χ4n) is 2.05. The van der Waals surface area contributed by atoms with Crippen LogP contribution in [0.4, 0.5) is 0 Å². The molecule has 3 rings (SSSR count). The summed E-state index contributed by atoms with van der Waals surface area (Å²) in [5.41, 5.74) is 0.780. The van der Waals surface area contributed by atoms with E-state index in [1.165, 1.54) is 5.75 Å². The van der Waals surface area contributed by atoms with Crippen molar-refractivity contribution in [2.75, 3.05) is 17.3 Å². The summed E-state index contributed by atoms with van der Waals surface area (Å²) < 4.78 is 5.71. The van der Waals surface area contributed by atoms with E-state index in [0.29, 0.717) is 10.8 Å². The summed E-state index contributed by atoms with van der Waals surface area (Å²) in [5, 5.41) is 12.2. The second-order valence-electron chi connectivity index (χ2n) is 4.26. The number of rotatable bonds is 2. The van der Waals surface area contributed by atoms with Gasteiger partial charge in [0.2, 0.25) is 0 Å². The first kappa shape index (κ1) is 12.7. The van der Waals surface area contributed by atoms with Crippen LogP contribution in [-0.2, 0) is 0 Å². The van der Waals surface area contributed by atoms with Crippen molar-refractivity contribution in [3.05, 3.63) is 35.0 Å². The summed E-state index contributed by atoms with van der Waals surface area (Å²) in [4.78, 5) is 0. The second kappa shape index (κ2) is 5.37. The van der Waals surface area contributed by atoms with Crippen LogP contribution in [0, 0.1) is 0 Å². The van der Waals surface area contributed by atoms with E-state index in [9.17, 15) is 5.11 Å². The Balaban J connectivity index is 1.88. The van der Waals surface area contributed by atoms with E-state index in [0.717, 1.165) is 22.5 Å². The molecule has 2 unspecified atom stereocenters. The van der Waals surface area contributed by atoms with Gasteiger partial charge in [0.1, 0.15) is 17.4 Å². The molecule has 0 amide bonds. The molecular formula is C13H13ClO2S2. The monoisotopic (exact) mass is 300 g/mol.